The lowest BCUT2D eigenvalue weighted by Crippen LogP contribution is -2.48. The van der Waals surface area contributed by atoms with Crippen LogP contribution in [0.2, 0.25) is 0 Å². The molecule has 0 radical (unpaired) electrons. The molecule has 0 aliphatic carbocycles. The number of piperidine rings is 2. The minimum atomic E-state index is 0.348. The van der Waals surface area contributed by atoms with E-state index < -0.39 is 0 Å². The highest BCUT2D eigenvalue weighted by Gasteiger charge is 2.29. The SMILES string of the molecule is CC1CC(C)CN(C(=O)CN2CCC(CN3CCc4ccccc43)CC2)C1. The molecule has 4 heteroatoms. The molecule has 3 heterocycles. The molecular formula is C23H35N3O. The Morgan fingerprint density at radius 2 is 1.74 bits per heavy atom. The molecule has 27 heavy (non-hydrogen) atoms. The van der Waals surface area contributed by atoms with Crippen molar-refractivity contribution in [3.8, 4) is 0 Å². The van der Waals surface area contributed by atoms with Gasteiger partial charge < -0.3 is 9.80 Å². The smallest absolute Gasteiger partial charge is 0.236 e. The second kappa shape index (κ2) is 8.22. The second-order valence-corrected chi connectivity index (χ2v) is 9.29. The van der Waals surface area contributed by atoms with Gasteiger partial charge in [0.1, 0.15) is 0 Å². The zero-order valence-electron chi connectivity index (χ0n) is 17.1. The van der Waals surface area contributed by atoms with Crippen LogP contribution in [0.5, 0.6) is 0 Å². The zero-order valence-corrected chi connectivity index (χ0v) is 17.1. The van der Waals surface area contributed by atoms with Crippen LogP contribution in [0.25, 0.3) is 0 Å². The Morgan fingerprint density at radius 3 is 2.48 bits per heavy atom. The highest BCUT2D eigenvalue weighted by Crippen LogP contribution is 2.30. The van der Waals surface area contributed by atoms with Crippen LogP contribution in [0.1, 0.15) is 38.7 Å². The summed E-state index contributed by atoms with van der Waals surface area (Å²) in [5.74, 6) is 2.40. The molecular weight excluding hydrogens is 334 g/mol. The molecule has 2 atom stereocenters. The van der Waals surface area contributed by atoms with E-state index in [2.05, 4.69) is 52.8 Å². The number of para-hydroxylation sites is 1. The predicted molar refractivity (Wildman–Crippen MR) is 111 cm³/mol. The highest BCUT2D eigenvalue weighted by molar-refractivity contribution is 5.78. The van der Waals surface area contributed by atoms with Gasteiger partial charge in [-0.3, -0.25) is 9.69 Å². The van der Waals surface area contributed by atoms with Gasteiger partial charge in [-0.1, -0.05) is 32.0 Å². The van der Waals surface area contributed by atoms with E-state index in [-0.39, 0.29) is 0 Å². The summed E-state index contributed by atoms with van der Waals surface area (Å²) in [6.07, 6.45) is 4.89. The lowest BCUT2D eigenvalue weighted by molar-refractivity contribution is -0.135. The van der Waals surface area contributed by atoms with Gasteiger partial charge in [-0.25, -0.2) is 0 Å². The van der Waals surface area contributed by atoms with Crippen molar-refractivity contribution < 1.29 is 4.79 Å². The first-order valence-electron chi connectivity index (χ1n) is 10.9. The van der Waals surface area contributed by atoms with Crippen LogP contribution < -0.4 is 4.90 Å². The third-order valence-corrected chi connectivity index (χ3v) is 6.75. The number of rotatable bonds is 4. The number of amides is 1. The fourth-order valence-corrected chi connectivity index (χ4v) is 5.39. The van der Waals surface area contributed by atoms with Crippen LogP contribution in [0, 0.1) is 17.8 Å². The van der Waals surface area contributed by atoms with Crippen molar-refractivity contribution in [2.75, 3.05) is 50.7 Å². The molecule has 2 saturated heterocycles. The molecule has 4 nitrogen and oxygen atoms in total. The molecule has 0 saturated carbocycles. The van der Waals surface area contributed by atoms with E-state index in [4.69, 9.17) is 0 Å². The first-order valence-corrected chi connectivity index (χ1v) is 10.9. The lowest BCUT2D eigenvalue weighted by atomic mass is 9.92. The number of benzene rings is 1. The molecule has 0 N–H and O–H groups in total. The fraction of sp³-hybridized carbons (Fsp3) is 0.696. The Kier molecular flexibility index (Phi) is 5.72. The van der Waals surface area contributed by atoms with Gasteiger partial charge in [0.05, 0.1) is 6.54 Å². The van der Waals surface area contributed by atoms with Crippen LogP contribution in [0.3, 0.4) is 0 Å². The Hall–Kier alpha value is -1.55. The van der Waals surface area contributed by atoms with Gasteiger partial charge in [-0.15, -0.1) is 0 Å². The summed E-state index contributed by atoms with van der Waals surface area (Å²) in [6, 6.07) is 8.86. The number of anilines is 1. The maximum atomic E-state index is 12.7. The normalized spacial score (nSPS) is 27.0. The maximum absolute atomic E-state index is 12.7. The standard InChI is InChI=1S/C23H35N3O/c1-18-13-19(2)15-26(14-18)23(27)17-24-10-7-20(8-11-24)16-25-12-9-21-5-3-4-6-22(21)25/h3-6,18-20H,7-17H2,1-2H3. The monoisotopic (exact) mass is 369 g/mol. The summed E-state index contributed by atoms with van der Waals surface area (Å²) < 4.78 is 0. The average molecular weight is 370 g/mol. The number of hydrogen-bond donors (Lipinski definition) is 0. The first-order chi connectivity index (χ1) is 13.1. The van der Waals surface area contributed by atoms with E-state index in [0.717, 1.165) is 32.1 Å². The Morgan fingerprint density at radius 1 is 1.04 bits per heavy atom. The molecule has 3 aliphatic heterocycles. The summed E-state index contributed by atoms with van der Waals surface area (Å²) in [5, 5.41) is 0. The van der Waals surface area contributed by atoms with Crippen LogP contribution in [0.15, 0.2) is 24.3 Å². The van der Waals surface area contributed by atoms with Gasteiger partial charge in [0.25, 0.3) is 0 Å². The molecule has 0 bridgehead atoms. The molecule has 2 fully saturated rings. The molecule has 2 unspecified atom stereocenters. The largest absolute Gasteiger partial charge is 0.371 e. The zero-order chi connectivity index (χ0) is 18.8. The molecule has 0 spiro atoms. The molecule has 0 aromatic heterocycles. The van der Waals surface area contributed by atoms with Crippen LogP contribution >= 0.6 is 0 Å². The van der Waals surface area contributed by atoms with Gasteiger partial charge in [0.15, 0.2) is 0 Å². The van der Waals surface area contributed by atoms with Crippen LogP contribution in [0.4, 0.5) is 5.69 Å². The first kappa shape index (κ1) is 18.8. The van der Waals surface area contributed by atoms with E-state index >= 15 is 0 Å². The van der Waals surface area contributed by atoms with E-state index in [9.17, 15) is 4.79 Å². The maximum Gasteiger partial charge on any atom is 0.236 e. The topological polar surface area (TPSA) is 26.8 Å². The average Bonchev–Trinajstić information content (AvgIpc) is 3.05. The third-order valence-electron chi connectivity index (χ3n) is 6.75. The van der Waals surface area contributed by atoms with Crippen molar-refractivity contribution in [3.63, 3.8) is 0 Å². The van der Waals surface area contributed by atoms with Crippen LogP contribution in [-0.2, 0) is 11.2 Å². The minimum Gasteiger partial charge on any atom is -0.371 e. The highest BCUT2D eigenvalue weighted by atomic mass is 16.2. The number of carbonyl (C=O) groups is 1. The van der Waals surface area contributed by atoms with E-state index in [1.165, 1.54) is 50.0 Å². The number of hydrogen-bond acceptors (Lipinski definition) is 3. The number of carbonyl (C=O) groups excluding carboxylic acids is 1. The number of likely N-dealkylation sites (tertiary alicyclic amines) is 2. The van der Waals surface area contributed by atoms with Gasteiger partial charge >= 0.3 is 0 Å². The van der Waals surface area contributed by atoms with Crippen molar-refractivity contribution in [2.24, 2.45) is 17.8 Å². The lowest BCUT2D eigenvalue weighted by Gasteiger charge is -2.38. The van der Waals surface area contributed by atoms with Crippen molar-refractivity contribution in [1.82, 2.24) is 9.80 Å². The van der Waals surface area contributed by atoms with Gasteiger partial charge in [0, 0.05) is 31.9 Å². The van der Waals surface area contributed by atoms with E-state index in [0.29, 0.717) is 24.3 Å². The second-order valence-electron chi connectivity index (χ2n) is 9.29. The third kappa shape index (κ3) is 4.48. The number of fused-ring (bicyclic) bond motifs is 1. The summed E-state index contributed by atoms with van der Waals surface area (Å²) in [4.78, 5) is 19.8. The molecule has 1 amide bonds. The predicted octanol–water partition coefficient (Wildman–Crippen LogP) is 3.27. The summed E-state index contributed by atoms with van der Waals surface area (Å²) in [7, 11) is 0. The molecule has 4 rings (SSSR count). The Labute approximate surface area is 164 Å². The Bertz CT molecular complexity index is 643. The van der Waals surface area contributed by atoms with Gasteiger partial charge in [-0.05, 0) is 68.2 Å². The quantitative estimate of drug-likeness (QED) is 0.815. The van der Waals surface area contributed by atoms with Crippen molar-refractivity contribution in [2.45, 2.75) is 39.5 Å². The minimum absolute atomic E-state index is 0.348. The van der Waals surface area contributed by atoms with Gasteiger partial charge in [0.2, 0.25) is 5.91 Å². The molecule has 1 aromatic rings. The summed E-state index contributed by atoms with van der Waals surface area (Å²) in [5.41, 5.74) is 2.95. The van der Waals surface area contributed by atoms with Gasteiger partial charge in [-0.2, -0.15) is 0 Å². The van der Waals surface area contributed by atoms with Crippen molar-refractivity contribution >= 4 is 11.6 Å². The van der Waals surface area contributed by atoms with Crippen molar-refractivity contribution in [1.29, 1.82) is 0 Å². The Balaban J connectivity index is 1.23. The molecule has 3 aliphatic rings. The van der Waals surface area contributed by atoms with E-state index in [1.807, 2.05) is 0 Å². The fourth-order valence-electron chi connectivity index (χ4n) is 5.39. The van der Waals surface area contributed by atoms with Crippen molar-refractivity contribution in [3.05, 3.63) is 29.8 Å². The summed E-state index contributed by atoms with van der Waals surface area (Å²) >= 11 is 0. The van der Waals surface area contributed by atoms with E-state index in [1.54, 1.807) is 0 Å². The summed E-state index contributed by atoms with van der Waals surface area (Å²) in [6.45, 7) is 11.6. The molecule has 1 aromatic carbocycles. The van der Waals surface area contributed by atoms with Crippen LogP contribution in [-0.4, -0.2) is 61.5 Å². The molecule has 148 valence electrons. The number of nitrogens with zero attached hydrogens (tertiary/aromatic N) is 3.